The zero-order valence-electron chi connectivity index (χ0n) is 8.18. The second kappa shape index (κ2) is 2.72. The van der Waals surface area contributed by atoms with E-state index < -0.39 is 11.5 Å². The molecular weight excluding hydrogens is 170 g/mol. The monoisotopic (exact) mass is 185 g/mol. The average molecular weight is 185 g/mol. The van der Waals surface area contributed by atoms with E-state index in [-0.39, 0.29) is 11.3 Å². The highest BCUT2D eigenvalue weighted by Crippen LogP contribution is 2.53. The molecule has 4 heteroatoms. The van der Waals surface area contributed by atoms with Crippen molar-refractivity contribution in [3.8, 4) is 0 Å². The number of rotatable bonds is 3. The summed E-state index contributed by atoms with van der Waals surface area (Å²) in [6.45, 7) is 4.80. The molecular formula is C9H15NO3. The Labute approximate surface area is 77.3 Å². The fourth-order valence-electron chi connectivity index (χ4n) is 1.50. The maximum Gasteiger partial charge on any atom is 0.329 e. The van der Waals surface area contributed by atoms with Crippen LogP contribution in [-0.2, 0) is 9.59 Å². The molecule has 4 nitrogen and oxygen atoms in total. The van der Waals surface area contributed by atoms with Gasteiger partial charge >= 0.3 is 5.97 Å². The van der Waals surface area contributed by atoms with Crippen molar-refractivity contribution in [3.63, 3.8) is 0 Å². The zero-order valence-corrected chi connectivity index (χ0v) is 8.18. The first-order valence-electron chi connectivity index (χ1n) is 4.34. The summed E-state index contributed by atoms with van der Waals surface area (Å²) in [7, 11) is 0. The molecule has 13 heavy (non-hydrogen) atoms. The van der Waals surface area contributed by atoms with Crippen molar-refractivity contribution in [2.75, 3.05) is 0 Å². The van der Waals surface area contributed by atoms with Gasteiger partial charge in [-0.05, 0) is 19.8 Å². The Hall–Kier alpha value is -1.06. The molecule has 74 valence electrons. The maximum absolute atomic E-state index is 11.0. The van der Waals surface area contributed by atoms with Crippen molar-refractivity contribution in [3.05, 3.63) is 0 Å². The molecule has 1 amide bonds. The van der Waals surface area contributed by atoms with E-state index in [0.29, 0.717) is 0 Å². The lowest BCUT2D eigenvalue weighted by Crippen LogP contribution is -2.57. The van der Waals surface area contributed by atoms with Gasteiger partial charge in [-0.15, -0.1) is 0 Å². The maximum atomic E-state index is 11.0. The van der Waals surface area contributed by atoms with Crippen LogP contribution in [0.2, 0.25) is 0 Å². The average Bonchev–Trinajstić information content (AvgIpc) is 2.67. The van der Waals surface area contributed by atoms with Crippen LogP contribution < -0.4 is 5.32 Å². The van der Waals surface area contributed by atoms with E-state index in [4.69, 9.17) is 5.11 Å². The van der Waals surface area contributed by atoms with Gasteiger partial charge in [-0.3, -0.25) is 4.79 Å². The third-order valence-corrected chi connectivity index (χ3v) is 3.06. The Balaban J connectivity index is 2.87. The second-order valence-electron chi connectivity index (χ2n) is 4.17. The van der Waals surface area contributed by atoms with Gasteiger partial charge in [-0.25, -0.2) is 4.79 Å². The first-order valence-corrected chi connectivity index (χ1v) is 4.34. The van der Waals surface area contributed by atoms with Crippen LogP contribution in [0.5, 0.6) is 0 Å². The van der Waals surface area contributed by atoms with Crippen LogP contribution in [0.3, 0.4) is 0 Å². The predicted molar refractivity (Wildman–Crippen MR) is 47.2 cm³/mol. The Morgan fingerprint density at radius 3 is 2.15 bits per heavy atom. The van der Waals surface area contributed by atoms with E-state index in [1.807, 2.05) is 6.92 Å². The number of nitrogens with one attached hydrogen (secondary N) is 1. The minimum Gasteiger partial charge on any atom is -0.479 e. The number of amides is 1. The Morgan fingerprint density at radius 1 is 1.46 bits per heavy atom. The van der Waals surface area contributed by atoms with Gasteiger partial charge in [0.25, 0.3) is 0 Å². The highest BCUT2D eigenvalue weighted by Gasteiger charge is 2.58. The van der Waals surface area contributed by atoms with Gasteiger partial charge < -0.3 is 10.4 Å². The van der Waals surface area contributed by atoms with Crippen molar-refractivity contribution >= 4 is 11.9 Å². The Bertz CT molecular complexity index is 258. The molecule has 0 radical (unpaired) electrons. The van der Waals surface area contributed by atoms with E-state index in [1.165, 1.54) is 6.92 Å². The lowest BCUT2D eigenvalue weighted by atomic mass is 9.84. The van der Waals surface area contributed by atoms with Gasteiger partial charge in [0.2, 0.25) is 5.91 Å². The highest BCUT2D eigenvalue weighted by molar-refractivity contribution is 5.87. The number of carboxylic acid groups (broad SMARTS) is 1. The van der Waals surface area contributed by atoms with Gasteiger partial charge in [-0.2, -0.15) is 0 Å². The van der Waals surface area contributed by atoms with E-state index in [1.54, 1.807) is 6.92 Å². The molecule has 0 saturated heterocycles. The van der Waals surface area contributed by atoms with Crippen molar-refractivity contribution in [1.82, 2.24) is 5.32 Å². The quantitative estimate of drug-likeness (QED) is 0.682. The molecule has 0 aromatic rings. The summed E-state index contributed by atoms with van der Waals surface area (Å²) in [6.07, 6.45) is 1.71. The zero-order chi connectivity index (χ0) is 10.3. The van der Waals surface area contributed by atoms with Gasteiger partial charge in [0, 0.05) is 12.3 Å². The van der Waals surface area contributed by atoms with Crippen molar-refractivity contribution in [2.45, 2.75) is 39.2 Å². The summed E-state index contributed by atoms with van der Waals surface area (Å²) in [4.78, 5) is 21.9. The smallest absolute Gasteiger partial charge is 0.329 e. The molecule has 2 N–H and O–H groups in total. The standard InChI is InChI=1S/C9H15NO3/c1-6(11)10-9(3,7(12)13)8(2)4-5-8/h4-5H2,1-3H3,(H,10,11)(H,12,13). The molecule has 0 spiro atoms. The molecule has 1 aliphatic rings. The fraction of sp³-hybridized carbons (Fsp3) is 0.778. The molecule has 1 fully saturated rings. The molecule has 0 aliphatic heterocycles. The van der Waals surface area contributed by atoms with Crippen molar-refractivity contribution in [1.29, 1.82) is 0 Å². The minimum atomic E-state index is -1.11. The first-order chi connectivity index (χ1) is 5.82. The molecule has 0 aromatic carbocycles. The molecule has 1 rings (SSSR count). The van der Waals surface area contributed by atoms with Crippen LogP contribution in [0.1, 0.15) is 33.6 Å². The first kappa shape index (κ1) is 10.0. The number of carbonyl (C=O) groups is 2. The van der Waals surface area contributed by atoms with Crippen LogP contribution >= 0.6 is 0 Å². The van der Waals surface area contributed by atoms with Gasteiger partial charge in [0.05, 0.1) is 0 Å². The Kier molecular flexibility index (Phi) is 2.10. The van der Waals surface area contributed by atoms with Crippen LogP contribution in [0, 0.1) is 5.41 Å². The van der Waals surface area contributed by atoms with Gasteiger partial charge in [0.15, 0.2) is 0 Å². The minimum absolute atomic E-state index is 0.273. The molecule has 1 unspecified atom stereocenters. The Morgan fingerprint density at radius 2 is 1.92 bits per heavy atom. The summed E-state index contributed by atoms with van der Waals surface area (Å²) in [5, 5.41) is 11.6. The summed E-state index contributed by atoms with van der Waals surface area (Å²) in [5.41, 5.74) is -1.39. The van der Waals surface area contributed by atoms with E-state index in [0.717, 1.165) is 12.8 Å². The SMILES string of the molecule is CC(=O)NC(C)(C(=O)O)C1(C)CC1. The highest BCUT2D eigenvalue weighted by atomic mass is 16.4. The third-order valence-electron chi connectivity index (χ3n) is 3.06. The molecule has 0 aromatic heterocycles. The number of hydrogen-bond donors (Lipinski definition) is 2. The fourth-order valence-corrected chi connectivity index (χ4v) is 1.50. The molecule has 1 atom stereocenters. The normalized spacial score (nSPS) is 23.0. The lowest BCUT2D eigenvalue weighted by molar-refractivity contribution is -0.149. The molecule has 0 bridgehead atoms. The van der Waals surface area contributed by atoms with Crippen LogP contribution in [0.15, 0.2) is 0 Å². The van der Waals surface area contributed by atoms with Gasteiger partial charge in [0.1, 0.15) is 5.54 Å². The predicted octanol–water partition coefficient (Wildman–Crippen LogP) is 0.766. The van der Waals surface area contributed by atoms with Gasteiger partial charge in [-0.1, -0.05) is 6.92 Å². The number of aliphatic carboxylic acids is 1. The topological polar surface area (TPSA) is 66.4 Å². The summed E-state index contributed by atoms with van der Waals surface area (Å²) < 4.78 is 0. The van der Waals surface area contributed by atoms with Crippen LogP contribution in [0.25, 0.3) is 0 Å². The van der Waals surface area contributed by atoms with Crippen molar-refractivity contribution in [2.24, 2.45) is 5.41 Å². The largest absolute Gasteiger partial charge is 0.479 e. The number of carbonyl (C=O) groups excluding carboxylic acids is 1. The summed E-state index contributed by atoms with van der Waals surface area (Å²) >= 11 is 0. The molecule has 0 heterocycles. The molecule has 1 aliphatic carbocycles. The summed E-state index contributed by atoms with van der Waals surface area (Å²) in [6, 6.07) is 0. The van der Waals surface area contributed by atoms with Crippen molar-refractivity contribution < 1.29 is 14.7 Å². The second-order valence-corrected chi connectivity index (χ2v) is 4.17. The lowest BCUT2D eigenvalue weighted by Gasteiger charge is -2.32. The van der Waals surface area contributed by atoms with E-state index in [9.17, 15) is 9.59 Å². The van der Waals surface area contributed by atoms with E-state index in [2.05, 4.69) is 5.32 Å². The van der Waals surface area contributed by atoms with Crippen LogP contribution in [0.4, 0.5) is 0 Å². The third kappa shape index (κ3) is 1.53. The van der Waals surface area contributed by atoms with Crippen LogP contribution in [-0.4, -0.2) is 22.5 Å². The molecule has 1 saturated carbocycles. The summed E-state index contributed by atoms with van der Waals surface area (Å²) in [5.74, 6) is -1.25. The number of carboxylic acids is 1. The van der Waals surface area contributed by atoms with E-state index >= 15 is 0 Å². The number of hydrogen-bond acceptors (Lipinski definition) is 2.